The van der Waals surface area contributed by atoms with E-state index >= 15 is 0 Å². The Morgan fingerprint density at radius 1 is 1.14 bits per heavy atom. The summed E-state index contributed by atoms with van der Waals surface area (Å²) < 4.78 is 8.01. The summed E-state index contributed by atoms with van der Waals surface area (Å²) in [5.74, 6) is 1.85. The van der Waals surface area contributed by atoms with Crippen LogP contribution in [0.1, 0.15) is 37.5 Å². The number of carbonyl (C=O) groups excluding carboxylic acids is 1. The van der Waals surface area contributed by atoms with Gasteiger partial charge in [-0.15, -0.1) is 0 Å². The first-order valence-electron chi connectivity index (χ1n) is 10.1. The molecule has 28 heavy (non-hydrogen) atoms. The zero-order valence-electron chi connectivity index (χ0n) is 16.7. The van der Waals surface area contributed by atoms with Gasteiger partial charge in [-0.1, -0.05) is 0 Å². The Bertz CT molecular complexity index is 797. The molecule has 150 valence electrons. The van der Waals surface area contributed by atoms with Crippen LogP contribution in [0.25, 0.3) is 0 Å². The van der Waals surface area contributed by atoms with Crippen molar-refractivity contribution in [1.29, 1.82) is 0 Å². The molecule has 7 nitrogen and oxygen atoms in total. The van der Waals surface area contributed by atoms with Gasteiger partial charge in [-0.05, 0) is 57.0 Å². The zero-order chi connectivity index (χ0) is 19.5. The summed E-state index contributed by atoms with van der Waals surface area (Å²) in [5, 5.41) is 3.01. The number of amides is 2. The first-order valence-corrected chi connectivity index (χ1v) is 10.1. The van der Waals surface area contributed by atoms with E-state index in [0.29, 0.717) is 19.2 Å². The van der Waals surface area contributed by atoms with Crippen LogP contribution in [0, 0.1) is 0 Å². The molecule has 2 fully saturated rings. The average molecular weight is 383 g/mol. The third-order valence-electron chi connectivity index (χ3n) is 5.80. The fourth-order valence-corrected chi connectivity index (χ4v) is 4.05. The highest BCUT2D eigenvalue weighted by molar-refractivity contribution is 5.89. The smallest absolute Gasteiger partial charge is 0.321 e. The first kappa shape index (κ1) is 18.8. The number of rotatable bonds is 4. The Morgan fingerprint density at radius 3 is 2.57 bits per heavy atom. The van der Waals surface area contributed by atoms with Gasteiger partial charge < -0.3 is 19.5 Å². The summed E-state index contributed by atoms with van der Waals surface area (Å²) in [4.78, 5) is 21.4. The second kappa shape index (κ2) is 8.22. The molecule has 0 bridgehead atoms. The highest BCUT2D eigenvalue weighted by Crippen LogP contribution is 2.26. The Labute approximate surface area is 166 Å². The van der Waals surface area contributed by atoms with E-state index in [1.165, 1.54) is 12.8 Å². The SMILES string of the molecule is CN1CCN(C(=O)Nc2ccc(OC3CCCC3)cc2)C[C@H]1c1nccn1C. The maximum absolute atomic E-state index is 12.8. The number of hydrogen-bond donors (Lipinski definition) is 1. The van der Waals surface area contributed by atoms with Crippen molar-refractivity contribution >= 4 is 11.7 Å². The quantitative estimate of drug-likeness (QED) is 0.880. The Hall–Kier alpha value is -2.54. The number of anilines is 1. The molecule has 1 aromatic carbocycles. The minimum atomic E-state index is -0.0724. The lowest BCUT2D eigenvalue weighted by atomic mass is 10.1. The highest BCUT2D eigenvalue weighted by atomic mass is 16.5. The monoisotopic (exact) mass is 383 g/mol. The lowest BCUT2D eigenvalue weighted by Gasteiger charge is -2.38. The number of hydrogen-bond acceptors (Lipinski definition) is 4. The molecule has 1 N–H and O–H groups in total. The molecule has 2 aromatic rings. The van der Waals surface area contributed by atoms with Crippen LogP contribution in [0.3, 0.4) is 0 Å². The van der Waals surface area contributed by atoms with E-state index in [1.54, 1.807) is 6.20 Å². The summed E-state index contributed by atoms with van der Waals surface area (Å²) in [7, 11) is 4.07. The van der Waals surface area contributed by atoms with Crippen LogP contribution in [0.4, 0.5) is 10.5 Å². The molecule has 2 amide bonds. The van der Waals surface area contributed by atoms with Gasteiger partial charge in [-0.2, -0.15) is 0 Å². The molecule has 1 aliphatic carbocycles. The van der Waals surface area contributed by atoms with Crippen molar-refractivity contribution in [2.24, 2.45) is 7.05 Å². The molecule has 1 atom stereocenters. The van der Waals surface area contributed by atoms with Gasteiger partial charge in [0.25, 0.3) is 0 Å². The summed E-state index contributed by atoms with van der Waals surface area (Å²) >= 11 is 0. The van der Waals surface area contributed by atoms with Crippen LogP contribution in [-0.2, 0) is 7.05 Å². The summed E-state index contributed by atoms with van der Waals surface area (Å²) in [6.07, 6.45) is 8.87. The predicted octanol–water partition coefficient (Wildman–Crippen LogP) is 3.26. The molecule has 2 heterocycles. The number of urea groups is 1. The van der Waals surface area contributed by atoms with Gasteiger partial charge in [0, 0.05) is 44.8 Å². The normalized spacial score (nSPS) is 21.1. The van der Waals surface area contributed by atoms with E-state index in [-0.39, 0.29) is 12.1 Å². The number of nitrogens with one attached hydrogen (secondary N) is 1. The summed E-state index contributed by atoms with van der Waals surface area (Å²) in [6.45, 7) is 2.14. The molecule has 7 heteroatoms. The summed E-state index contributed by atoms with van der Waals surface area (Å²) in [6, 6.07) is 7.73. The van der Waals surface area contributed by atoms with Crippen molar-refractivity contribution in [3.05, 3.63) is 42.5 Å². The number of nitrogens with zero attached hydrogens (tertiary/aromatic N) is 4. The van der Waals surface area contributed by atoms with Crippen LogP contribution in [-0.4, -0.2) is 58.2 Å². The van der Waals surface area contributed by atoms with Gasteiger partial charge in [-0.25, -0.2) is 9.78 Å². The molecule has 0 spiro atoms. The molecule has 0 radical (unpaired) electrons. The molecular weight excluding hydrogens is 354 g/mol. The van der Waals surface area contributed by atoms with E-state index in [2.05, 4.69) is 22.2 Å². The van der Waals surface area contributed by atoms with Gasteiger partial charge >= 0.3 is 6.03 Å². The predicted molar refractivity (Wildman–Crippen MR) is 108 cm³/mol. The highest BCUT2D eigenvalue weighted by Gasteiger charge is 2.30. The van der Waals surface area contributed by atoms with E-state index in [0.717, 1.165) is 36.6 Å². The third-order valence-corrected chi connectivity index (χ3v) is 5.80. The van der Waals surface area contributed by atoms with Crippen LogP contribution in [0.2, 0.25) is 0 Å². The van der Waals surface area contributed by atoms with Gasteiger partial charge in [0.15, 0.2) is 0 Å². The topological polar surface area (TPSA) is 62.6 Å². The van der Waals surface area contributed by atoms with Crippen molar-refractivity contribution in [3.8, 4) is 5.75 Å². The molecule has 0 unspecified atom stereocenters. The maximum Gasteiger partial charge on any atom is 0.321 e. The second-order valence-electron chi connectivity index (χ2n) is 7.82. The number of benzene rings is 1. The lowest BCUT2D eigenvalue weighted by Crippen LogP contribution is -2.50. The number of imidazole rings is 1. The number of aryl methyl sites for hydroxylation is 1. The standard InChI is InChI=1S/C21H29N5O2/c1-24-13-14-26(15-19(24)20-22-11-12-25(20)2)21(27)23-16-7-9-18(10-8-16)28-17-5-3-4-6-17/h7-12,17,19H,3-6,13-15H2,1-2H3,(H,23,27)/t19-/m0/s1. The van der Waals surface area contributed by atoms with Gasteiger partial charge in [0.2, 0.25) is 0 Å². The van der Waals surface area contributed by atoms with Crippen molar-refractivity contribution in [2.45, 2.75) is 37.8 Å². The van der Waals surface area contributed by atoms with Crippen LogP contribution < -0.4 is 10.1 Å². The number of aromatic nitrogens is 2. The number of likely N-dealkylation sites (N-methyl/N-ethyl adjacent to an activating group) is 1. The van der Waals surface area contributed by atoms with Crippen LogP contribution in [0.5, 0.6) is 5.75 Å². The second-order valence-corrected chi connectivity index (χ2v) is 7.82. The molecule has 2 aliphatic rings. The van der Waals surface area contributed by atoms with E-state index in [1.807, 2.05) is 47.0 Å². The maximum atomic E-state index is 12.8. The molecular formula is C21H29N5O2. The van der Waals surface area contributed by atoms with Gasteiger partial charge in [-0.3, -0.25) is 4.90 Å². The van der Waals surface area contributed by atoms with E-state index in [9.17, 15) is 4.79 Å². The fourth-order valence-electron chi connectivity index (χ4n) is 4.05. The van der Waals surface area contributed by atoms with E-state index < -0.39 is 0 Å². The lowest BCUT2D eigenvalue weighted by molar-refractivity contribution is 0.110. The molecule has 1 saturated heterocycles. The van der Waals surface area contributed by atoms with Crippen molar-refractivity contribution in [3.63, 3.8) is 0 Å². The molecule has 1 aliphatic heterocycles. The van der Waals surface area contributed by atoms with Crippen molar-refractivity contribution < 1.29 is 9.53 Å². The molecule has 4 rings (SSSR count). The fraction of sp³-hybridized carbons (Fsp3) is 0.524. The largest absolute Gasteiger partial charge is 0.490 e. The van der Waals surface area contributed by atoms with Gasteiger partial charge in [0.1, 0.15) is 11.6 Å². The minimum absolute atomic E-state index is 0.0724. The third kappa shape index (κ3) is 4.14. The minimum Gasteiger partial charge on any atom is -0.490 e. The average Bonchev–Trinajstić information content (AvgIpc) is 3.35. The first-order chi connectivity index (χ1) is 13.6. The number of piperazine rings is 1. The Morgan fingerprint density at radius 2 is 1.89 bits per heavy atom. The van der Waals surface area contributed by atoms with Crippen molar-refractivity contribution in [2.75, 3.05) is 32.0 Å². The summed E-state index contributed by atoms with van der Waals surface area (Å²) in [5.41, 5.74) is 0.788. The zero-order valence-corrected chi connectivity index (χ0v) is 16.7. The van der Waals surface area contributed by atoms with Crippen LogP contribution >= 0.6 is 0 Å². The van der Waals surface area contributed by atoms with Crippen molar-refractivity contribution in [1.82, 2.24) is 19.4 Å². The number of carbonyl (C=O) groups is 1. The molecule has 1 saturated carbocycles. The Balaban J connectivity index is 1.35. The van der Waals surface area contributed by atoms with Gasteiger partial charge in [0.05, 0.1) is 12.1 Å². The van der Waals surface area contributed by atoms with Crippen LogP contribution in [0.15, 0.2) is 36.7 Å². The van der Waals surface area contributed by atoms with E-state index in [4.69, 9.17) is 4.74 Å². The molecule has 1 aromatic heterocycles. The Kier molecular flexibility index (Phi) is 5.52. The number of ether oxygens (including phenoxy) is 1.